The lowest BCUT2D eigenvalue weighted by Gasteiger charge is -2.33. The number of sulfonamides is 1. The van der Waals surface area contributed by atoms with E-state index in [9.17, 15) is 18.0 Å². The average molecular weight is 409 g/mol. The van der Waals surface area contributed by atoms with Crippen molar-refractivity contribution in [2.45, 2.75) is 57.4 Å². The molecule has 28 heavy (non-hydrogen) atoms. The van der Waals surface area contributed by atoms with Gasteiger partial charge in [0, 0.05) is 44.4 Å². The van der Waals surface area contributed by atoms with Crippen LogP contribution in [0.25, 0.3) is 0 Å². The first kappa shape index (κ1) is 19.6. The van der Waals surface area contributed by atoms with Crippen molar-refractivity contribution in [2.24, 2.45) is 5.92 Å². The molecule has 0 spiro atoms. The Hall–Kier alpha value is -1.74. The van der Waals surface area contributed by atoms with Crippen molar-refractivity contribution in [3.63, 3.8) is 0 Å². The lowest BCUT2D eigenvalue weighted by Crippen LogP contribution is -2.42. The van der Waals surface area contributed by atoms with Crippen LogP contribution in [-0.4, -0.2) is 59.4 Å². The zero-order chi connectivity index (χ0) is 19.9. The van der Waals surface area contributed by atoms with Crippen LogP contribution in [0.1, 0.15) is 61.5 Å². The molecule has 154 valence electrons. The van der Waals surface area contributed by atoms with Gasteiger partial charge in [-0.15, -0.1) is 0 Å². The van der Waals surface area contributed by atoms with Crippen LogP contribution in [0.5, 0.6) is 0 Å². The van der Waals surface area contributed by atoms with E-state index >= 15 is 0 Å². The third kappa shape index (κ3) is 3.87. The van der Waals surface area contributed by atoms with Gasteiger partial charge in [0.2, 0.25) is 15.9 Å². The fourth-order valence-corrected chi connectivity index (χ4v) is 5.49. The van der Waals surface area contributed by atoms with Gasteiger partial charge in [-0.1, -0.05) is 12.8 Å². The Labute approximate surface area is 165 Å². The van der Waals surface area contributed by atoms with E-state index in [4.69, 9.17) is 0 Å². The minimum absolute atomic E-state index is 0.0884. The van der Waals surface area contributed by atoms with Gasteiger partial charge in [0.25, 0.3) is 5.56 Å². The maximum Gasteiger partial charge on any atom is 0.255 e. The average Bonchev–Trinajstić information content (AvgIpc) is 3.21. The van der Waals surface area contributed by atoms with Crippen LogP contribution in [0, 0.1) is 5.92 Å². The molecule has 1 saturated carbocycles. The Kier molecular flexibility index (Phi) is 5.30. The maximum absolute atomic E-state index is 12.6. The predicted molar refractivity (Wildman–Crippen MR) is 104 cm³/mol. The fraction of sp³-hybridized carbons (Fsp3) is 0.737. The quantitative estimate of drug-likeness (QED) is 0.803. The molecule has 1 saturated heterocycles. The summed E-state index contributed by atoms with van der Waals surface area (Å²) in [6.45, 7) is 1.87. The predicted octanol–water partition coefficient (Wildman–Crippen LogP) is 0.984. The van der Waals surface area contributed by atoms with Crippen molar-refractivity contribution >= 4 is 15.9 Å². The van der Waals surface area contributed by atoms with Gasteiger partial charge in [0.05, 0.1) is 17.5 Å². The number of nitrogens with zero attached hydrogens (tertiary/aromatic N) is 3. The van der Waals surface area contributed by atoms with Crippen molar-refractivity contribution in [1.82, 2.24) is 19.2 Å². The van der Waals surface area contributed by atoms with Gasteiger partial charge >= 0.3 is 0 Å². The first-order chi connectivity index (χ1) is 13.3. The van der Waals surface area contributed by atoms with Gasteiger partial charge in [-0.2, -0.15) is 4.31 Å². The smallest absolute Gasteiger partial charge is 0.255 e. The van der Waals surface area contributed by atoms with Gasteiger partial charge in [-0.3, -0.25) is 9.59 Å². The second-order valence-electron chi connectivity index (χ2n) is 8.30. The molecule has 3 aliphatic rings. The highest BCUT2D eigenvalue weighted by molar-refractivity contribution is 7.88. The summed E-state index contributed by atoms with van der Waals surface area (Å²) in [6, 6.07) is 0. The number of hydrogen-bond donors (Lipinski definition) is 1. The number of carbonyl (C=O) groups excluding carboxylic acids is 1. The van der Waals surface area contributed by atoms with Crippen LogP contribution in [0.4, 0.5) is 0 Å². The number of nitrogens with one attached hydrogen (secondary N) is 1. The summed E-state index contributed by atoms with van der Waals surface area (Å²) in [6.07, 6.45) is 7.57. The molecule has 4 rings (SSSR count). The molecule has 1 N–H and O–H groups in total. The summed E-state index contributed by atoms with van der Waals surface area (Å²) >= 11 is 0. The van der Waals surface area contributed by atoms with Gasteiger partial charge < -0.3 is 9.88 Å². The van der Waals surface area contributed by atoms with Crippen molar-refractivity contribution in [1.29, 1.82) is 0 Å². The Balaban J connectivity index is 1.44. The van der Waals surface area contributed by atoms with Crippen LogP contribution in [0.3, 0.4) is 0 Å². The number of rotatable bonds is 3. The van der Waals surface area contributed by atoms with Crippen molar-refractivity contribution in [2.75, 3.05) is 25.9 Å². The molecule has 0 bridgehead atoms. The topological polar surface area (TPSA) is 103 Å². The maximum atomic E-state index is 12.6. The third-order valence-corrected chi connectivity index (χ3v) is 7.67. The van der Waals surface area contributed by atoms with E-state index in [0.717, 1.165) is 44.8 Å². The SMILES string of the molecule is CS(=O)(=O)N1CCc2nc(C3CCN(C(=O)C4CCCC4)CC3)[nH]c(=O)c2C1. The molecule has 1 aromatic heterocycles. The highest BCUT2D eigenvalue weighted by Crippen LogP contribution is 2.31. The summed E-state index contributed by atoms with van der Waals surface area (Å²) in [7, 11) is -3.32. The normalized spacial score (nSPS) is 22.4. The van der Waals surface area contributed by atoms with Crippen molar-refractivity contribution in [3.8, 4) is 0 Å². The van der Waals surface area contributed by atoms with Crippen LogP contribution in [0.2, 0.25) is 0 Å². The number of aromatic amines is 1. The van der Waals surface area contributed by atoms with Crippen LogP contribution >= 0.6 is 0 Å². The van der Waals surface area contributed by atoms with E-state index in [-0.39, 0.29) is 23.9 Å². The molecule has 0 aromatic carbocycles. The van der Waals surface area contributed by atoms with E-state index in [2.05, 4.69) is 9.97 Å². The number of piperidine rings is 1. The molecule has 1 amide bonds. The largest absolute Gasteiger partial charge is 0.342 e. The van der Waals surface area contributed by atoms with E-state index in [1.54, 1.807) is 0 Å². The van der Waals surface area contributed by atoms with E-state index in [1.807, 2.05) is 4.90 Å². The van der Waals surface area contributed by atoms with E-state index in [1.165, 1.54) is 4.31 Å². The summed E-state index contributed by atoms with van der Waals surface area (Å²) in [5.41, 5.74) is 0.926. The molecule has 0 atom stereocenters. The van der Waals surface area contributed by atoms with Crippen LogP contribution in [-0.2, 0) is 27.8 Å². The number of hydrogen-bond acceptors (Lipinski definition) is 5. The highest BCUT2D eigenvalue weighted by Gasteiger charge is 2.32. The summed E-state index contributed by atoms with van der Waals surface area (Å²) in [5, 5.41) is 0. The van der Waals surface area contributed by atoms with Crippen molar-refractivity contribution < 1.29 is 13.2 Å². The molecule has 8 nitrogen and oxygen atoms in total. The molecule has 1 aromatic rings. The second kappa shape index (κ2) is 7.59. The number of fused-ring (bicyclic) bond motifs is 1. The number of carbonyl (C=O) groups is 1. The highest BCUT2D eigenvalue weighted by atomic mass is 32.2. The van der Waals surface area contributed by atoms with Crippen LogP contribution in [0.15, 0.2) is 4.79 Å². The standard InChI is InChI=1S/C19H28N4O4S/c1-28(26,27)23-11-8-16-15(12-23)18(24)21-17(20-16)13-6-9-22(10-7-13)19(25)14-4-2-3-5-14/h13-14H,2-12H2,1H3,(H,20,21,24). The Morgan fingerprint density at radius 1 is 1.11 bits per heavy atom. The fourth-order valence-electron chi connectivity index (χ4n) is 4.70. The zero-order valence-electron chi connectivity index (χ0n) is 16.3. The van der Waals surface area contributed by atoms with Gasteiger partial charge in [-0.05, 0) is 25.7 Å². The first-order valence-electron chi connectivity index (χ1n) is 10.2. The Bertz CT molecular complexity index is 912. The summed E-state index contributed by atoms with van der Waals surface area (Å²) < 4.78 is 24.8. The Morgan fingerprint density at radius 2 is 1.79 bits per heavy atom. The molecule has 1 aliphatic carbocycles. The zero-order valence-corrected chi connectivity index (χ0v) is 17.1. The Morgan fingerprint density at radius 3 is 2.43 bits per heavy atom. The minimum Gasteiger partial charge on any atom is -0.342 e. The molecule has 2 fully saturated rings. The number of likely N-dealkylation sites (tertiary alicyclic amines) is 1. The lowest BCUT2D eigenvalue weighted by atomic mass is 9.94. The van der Waals surface area contributed by atoms with E-state index < -0.39 is 10.0 Å². The first-order valence-corrected chi connectivity index (χ1v) is 12.0. The number of aromatic nitrogens is 2. The third-order valence-electron chi connectivity index (χ3n) is 6.42. The van der Waals surface area contributed by atoms with E-state index in [0.29, 0.717) is 49.0 Å². The molecule has 2 aliphatic heterocycles. The lowest BCUT2D eigenvalue weighted by molar-refractivity contribution is -0.136. The van der Waals surface area contributed by atoms with Gasteiger partial charge in [-0.25, -0.2) is 13.4 Å². The molecule has 0 radical (unpaired) electrons. The second-order valence-corrected chi connectivity index (χ2v) is 10.3. The summed E-state index contributed by atoms with van der Waals surface area (Å²) in [5.74, 6) is 1.32. The molecular formula is C19H28N4O4S. The monoisotopic (exact) mass is 408 g/mol. The van der Waals surface area contributed by atoms with Gasteiger partial charge in [0.15, 0.2) is 0 Å². The molecule has 0 unspecified atom stereocenters. The number of H-pyrrole nitrogens is 1. The molecule has 3 heterocycles. The summed E-state index contributed by atoms with van der Waals surface area (Å²) in [4.78, 5) is 34.7. The van der Waals surface area contributed by atoms with Gasteiger partial charge in [0.1, 0.15) is 5.82 Å². The molecule has 9 heteroatoms. The van der Waals surface area contributed by atoms with Crippen molar-refractivity contribution in [3.05, 3.63) is 27.4 Å². The minimum atomic E-state index is -3.32. The molecular weight excluding hydrogens is 380 g/mol. The number of amides is 1. The van der Waals surface area contributed by atoms with Crippen LogP contribution < -0.4 is 5.56 Å².